The quantitative estimate of drug-likeness (QED) is 0.914. The Morgan fingerprint density at radius 1 is 1.14 bits per heavy atom. The summed E-state index contributed by atoms with van der Waals surface area (Å²) in [4.78, 5) is 16.6. The smallest absolute Gasteiger partial charge is 0.176 e. The van der Waals surface area contributed by atoms with Crippen molar-refractivity contribution in [1.29, 1.82) is 0 Å². The lowest BCUT2D eigenvalue weighted by Crippen LogP contribution is -2.29. The monoisotopic (exact) mass is 280 g/mol. The van der Waals surface area contributed by atoms with Gasteiger partial charge in [0, 0.05) is 23.1 Å². The lowest BCUT2D eigenvalue weighted by molar-refractivity contribution is -0.119. The average Bonchev–Trinajstić information content (AvgIpc) is 2.65. The van der Waals surface area contributed by atoms with Crippen LogP contribution >= 0.6 is 0 Å². The van der Waals surface area contributed by atoms with Gasteiger partial charge in [-0.3, -0.25) is 9.79 Å². The molecule has 3 rings (SSSR count). The number of hydrogen-bond acceptors (Lipinski definition) is 4. The lowest BCUT2D eigenvalue weighted by Gasteiger charge is -2.12. The van der Waals surface area contributed by atoms with Gasteiger partial charge in [-0.05, 0) is 6.07 Å². The van der Waals surface area contributed by atoms with Crippen LogP contribution in [0.25, 0.3) is 0 Å². The fraction of sp³-hybridized carbons (Fsp3) is 0.176. The van der Waals surface area contributed by atoms with Crippen molar-refractivity contribution in [3.63, 3.8) is 0 Å². The SMILES string of the molecule is COc1cccc2c1CC(=O)[C@@H](N)N=C2c1ccccc1. The molecule has 0 amide bonds. The van der Waals surface area contributed by atoms with Crippen molar-refractivity contribution in [1.82, 2.24) is 0 Å². The molecular formula is C17H16N2O2. The predicted octanol–water partition coefficient (Wildman–Crippen LogP) is 1.94. The highest BCUT2D eigenvalue weighted by Crippen LogP contribution is 2.28. The second-order valence-electron chi connectivity index (χ2n) is 4.92. The standard InChI is InChI=1S/C17H16N2O2/c1-21-15-9-5-8-12-13(15)10-14(20)17(18)19-16(12)11-6-3-2-4-7-11/h2-9,17H,10,18H2,1H3/t17-/m0/s1. The Balaban J connectivity index is 2.24. The number of carbonyl (C=O) groups excluding carboxylic acids is 1. The van der Waals surface area contributed by atoms with Crippen molar-refractivity contribution < 1.29 is 9.53 Å². The maximum absolute atomic E-state index is 12.1. The van der Waals surface area contributed by atoms with E-state index in [0.717, 1.165) is 22.4 Å². The first-order valence-corrected chi connectivity index (χ1v) is 6.78. The van der Waals surface area contributed by atoms with Crippen LogP contribution in [0, 0.1) is 0 Å². The molecule has 0 fully saturated rings. The molecule has 0 aromatic heterocycles. The molecule has 0 unspecified atom stereocenters. The molecule has 106 valence electrons. The van der Waals surface area contributed by atoms with E-state index in [2.05, 4.69) is 4.99 Å². The van der Waals surface area contributed by atoms with Crippen molar-refractivity contribution >= 4 is 11.5 Å². The number of hydrogen-bond donors (Lipinski definition) is 1. The van der Waals surface area contributed by atoms with Crippen molar-refractivity contribution in [2.75, 3.05) is 7.11 Å². The number of rotatable bonds is 2. The Hall–Kier alpha value is -2.46. The van der Waals surface area contributed by atoms with Gasteiger partial charge in [-0.15, -0.1) is 0 Å². The zero-order valence-corrected chi connectivity index (χ0v) is 11.7. The molecule has 1 atom stereocenters. The first kappa shape index (κ1) is 13.5. The Kier molecular flexibility index (Phi) is 3.54. The van der Waals surface area contributed by atoms with Gasteiger partial charge in [-0.2, -0.15) is 0 Å². The van der Waals surface area contributed by atoms with Gasteiger partial charge in [0.25, 0.3) is 0 Å². The summed E-state index contributed by atoms with van der Waals surface area (Å²) < 4.78 is 5.39. The molecule has 0 aliphatic carbocycles. The van der Waals surface area contributed by atoms with Crippen molar-refractivity contribution in [2.24, 2.45) is 10.7 Å². The van der Waals surface area contributed by atoms with Crippen LogP contribution in [0.1, 0.15) is 16.7 Å². The first-order chi connectivity index (χ1) is 10.2. The van der Waals surface area contributed by atoms with Crippen molar-refractivity contribution in [3.05, 3.63) is 65.2 Å². The summed E-state index contributed by atoms with van der Waals surface area (Å²) in [5, 5.41) is 0. The van der Waals surface area contributed by atoms with Crippen LogP contribution in [0.3, 0.4) is 0 Å². The van der Waals surface area contributed by atoms with E-state index in [1.165, 1.54) is 0 Å². The maximum atomic E-state index is 12.1. The maximum Gasteiger partial charge on any atom is 0.176 e. The molecule has 1 aliphatic rings. The van der Waals surface area contributed by atoms with Gasteiger partial charge in [0.05, 0.1) is 12.8 Å². The first-order valence-electron chi connectivity index (χ1n) is 6.78. The summed E-state index contributed by atoms with van der Waals surface area (Å²) in [5.74, 6) is 0.588. The van der Waals surface area contributed by atoms with Gasteiger partial charge in [-0.1, -0.05) is 42.5 Å². The highest BCUT2D eigenvalue weighted by Gasteiger charge is 2.25. The van der Waals surface area contributed by atoms with Gasteiger partial charge in [0.1, 0.15) is 5.75 Å². The summed E-state index contributed by atoms with van der Waals surface area (Å²) in [5.41, 5.74) is 9.33. The predicted molar refractivity (Wildman–Crippen MR) is 81.8 cm³/mol. The van der Waals surface area contributed by atoms with Crippen LogP contribution in [0.4, 0.5) is 0 Å². The molecule has 0 saturated heterocycles. The van der Waals surface area contributed by atoms with Gasteiger partial charge in [0.2, 0.25) is 0 Å². The molecule has 4 nitrogen and oxygen atoms in total. The van der Waals surface area contributed by atoms with Crippen molar-refractivity contribution in [3.8, 4) is 5.75 Å². The Labute approximate surface area is 123 Å². The van der Waals surface area contributed by atoms with Gasteiger partial charge in [-0.25, -0.2) is 0 Å². The molecule has 1 aliphatic heterocycles. The second-order valence-corrected chi connectivity index (χ2v) is 4.92. The van der Waals surface area contributed by atoms with E-state index >= 15 is 0 Å². The molecule has 0 spiro atoms. The average molecular weight is 280 g/mol. The van der Waals surface area contributed by atoms with Gasteiger partial charge < -0.3 is 10.5 Å². The summed E-state index contributed by atoms with van der Waals surface area (Å²) in [7, 11) is 1.60. The molecule has 0 radical (unpaired) electrons. The minimum Gasteiger partial charge on any atom is -0.496 e. The van der Waals surface area contributed by atoms with Crippen LogP contribution in [0.5, 0.6) is 5.75 Å². The van der Waals surface area contributed by atoms with Crippen LogP contribution in [0.15, 0.2) is 53.5 Å². The summed E-state index contributed by atoms with van der Waals surface area (Å²) in [6.07, 6.45) is -0.599. The highest BCUT2D eigenvalue weighted by atomic mass is 16.5. The van der Waals surface area contributed by atoms with Crippen LogP contribution in [-0.4, -0.2) is 24.8 Å². The second kappa shape index (κ2) is 5.50. The molecule has 1 heterocycles. The number of Topliss-reactive ketones (excluding diaryl/α,β-unsaturated/α-hetero) is 1. The number of benzene rings is 2. The zero-order valence-electron chi connectivity index (χ0n) is 11.7. The van der Waals surface area contributed by atoms with E-state index < -0.39 is 6.17 Å². The topological polar surface area (TPSA) is 64.7 Å². The Morgan fingerprint density at radius 3 is 2.62 bits per heavy atom. The summed E-state index contributed by atoms with van der Waals surface area (Å²) in [6.45, 7) is 0. The molecular weight excluding hydrogens is 264 g/mol. The van der Waals surface area contributed by atoms with E-state index in [9.17, 15) is 4.79 Å². The molecule has 2 aromatic carbocycles. The van der Waals surface area contributed by atoms with Gasteiger partial charge in [0.15, 0.2) is 11.9 Å². The van der Waals surface area contributed by atoms with Crippen LogP contribution in [0.2, 0.25) is 0 Å². The number of aliphatic imine (C=N–C) groups is 1. The summed E-state index contributed by atoms with van der Waals surface area (Å²) in [6, 6.07) is 15.5. The summed E-state index contributed by atoms with van der Waals surface area (Å²) >= 11 is 0. The lowest BCUT2D eigenvalue weighted by atomic mass is 9.95. The number of fused-ring (bicyclic) bond motifs is 1. The van der Waals surface area contributed by atoms with E-state index in [1.807, 2.05) is 48.5 Å². The van der Waals surface area contributed by atoms with E-state index in [-0.39, 0.29) is 12.2 Å². The minimum atomic E-state index is -0.836. The molecule has 0 bridgehead atoms. The van der Waals surface area contributed by atoms with Crippen LogP contribution in [-0.2, 0) is 11.2 Å². The van der Waals surface area contributed by atoms with E-state index in [4.69, 9.17) is 10.5 Å². The number of nitrogens with two attached hydrogens (primary N) is 1. The van der Waals surface area contributed by atoms with Crippen molar-refractivity contribution in [2.45, 2.75) is 12.6 Å². The Bertz CT molecular complexity index is 708. The van der Waals surface area contributed by atoms with E-state index in [1.54, 1.807) is 7.11 Å². The number of ketones is 1. The molecule has 4 heteroatoms. The molecule has 2 aromatic rings. The largest absolute Gasteiger partial charge is 0.496 e. The number of ether oxygens (including phenoxy) is 1. The van der Waals surface area contributed by atoms with Gasteiger partial charge >= 0.3 is 0 Å². The third kappa shape index (κ3) is 2.45. The molecule has 2 N–H and O–H groups in total. The third-order valence-electron chi connectivity index (χ3n) is 3.60. The number of carbonyl (C=O) groups is 1. The minimum absolute atomic E-state index is 0.105. The fourth-order valence-electron chi connectivity index (χ4n) is 2.55. The number of nitrogens with zero attached hydrogens (tertiary/aromatic N) is 1. The normalized spacial score (nSPS) is 17.7. The third-order valence-corrected chi connectivity index (χ3v) is 3.60. The van der Waals surface area contributed by atoms with E-state index in [0.29, 0.717) is 5.75 Å². The molecule has 0 saturated carbocycles. The van der Waals surface area contributed by atoms with Crippen LogP contribution < -0.4 is 10.5 Å². The molecule has 21 heavy (non-hydrogen) atoms. The zero-order chi connectivity index (χ0) is 14.8. The fourth-order valence-corrected chi connectivity index (χ4v) is 2.55. The number of methoxy groups -OCH3 is 1. The Morgan fingerprint density at radius 2 is 1.90 bits per heavy atom. The highest BCUT2D eigenvalue weighted by molar-refractivity contribution is 6.16.